The zero-order valence-electron chi connectivity index (χ0n) is 11.0. The first kappa shape index (κ1) is 14.9. The molecule has 1 aliphatic rings. The first-order chi connectivity index (χ1) is 8.23. The smallest absolute Gasteiger partial charge is 0.244 e. The van der Waals surface area contributed by atoms with Crippen molar-refractivity contribution < 1.29 is 18.0 Å². The van der Waals surface area contributed by atoms with Crippen LogP contribution in [-0.4, -0.2) is 43.4 Å². The van der Waals surface area contributed by atoms with E-state index >= 15 is 0 Å². The molecule has 1 saturated heterocycles. The van der Waals surface area contributed by atoms with Crippen molar-refractivity contribution in [2.24, 2.45) is 5.92 Å². The fourth-order valence-corrected chi connectivity index (χ4v) is 3.04. The van der Waals surface area contributed by atoms with Crippen LogP contribution < -0.4 is 5.32 Å². The van der Waals surface area contributed by atoms with Gasteiger partial charge in [-0.1, -0.05) is 13.8 Å². The normalized spacial score (nSPS) is 20.6. The summed E-state index contributed by atoms with van der Waals surface area (Å²) in [6, 6.07) is -0.875. The number of rotatable bonds is 5. The van der Waals surface area contributed by atoms with Gasteiger partial charge in [0.15, 0.2) is 0 Å². The van der Waals surface area contributed by atoms with Crippen LogP contribution in [0.5, 0.6) is 0 Å². The van der Waals surface area contributed by atoms with Crippen molar-refractivity contribution in [3.05, 3.63) is 0 Å². The highest BCUT2D eigenvalue weighted by Crippen LogP contribution is 2.21. The second-order valence-electron chi connectivity index (χ2n) is 4.98. The largest absolute Gasteiger partial charge is 0.354 e. The van der Waals surface area contributed by atoms with Gasteiger partial charge in [-0.25, -0.2) is 12.7 Å². The van der Waals surface area contributed by atoms with Gasteiger partial charge >= 0.3 is 0 Å². The Balaban J connectivity index is 2.65. The highest BCUT2D eigenvalue weighted by molar-refractivity contribution is 7.89. The molecule has 0 aromatic heterocycles. The van der Waals surface area contributed by atoms with Crippen LogP contribution in [0.25, 0.3) is 0 Å². The van der Waals surface area contributed by atoms with E-state index in [0.29, 0.717) is 16.8 Å². The molecule has 1 unspecified atom stereocenters. The van der Waals surface area contributed by atoms with E-state index in [0.717, 1.165) is 12.7 Å². The summed E-state index contributed by atoms with van der Waals surface area (Å²) in [5.74, 6) is -0.421. The zero-order chi connectivity index (χ0) is 13.9. The van der Waals surface area contributed by atoms with Gasteiger partial charge < -0.3 is 5.32 Å². The van der Waals surface area contributed by atoms with Crippen LogP contribution in [0.4, 0.5) is 0 Å². The zero-order valence-corrected chi connectivity index (χ0v) is 11.8. The molecule has 0 aromatic carbocycles. The Labute approximate surface area is 108 Å². The number of nitrogens with one attached hydrogen (secondary N) is 1. The molecule has 0 radical (unpaired) electrons. The third kappa shape index (κ3) is 3.69. The standard InChI is InChI=1S/C11H20N2O4S/c1-8(2)6-7-12-11(15)9-4-5-10(14)13(9)18(3,16)17/h8-9H,4-7H2,1-3H3,(H,12,15). The second-order valence-corrected chi connectivity index (χ2v) is 6.84. The van der Waals surface area contributed by atoms with Crippen LogP contribution in [0.3, 0.4) is 0 Å². The van der Waals surface area contributed by atoms with Crippen LogP contribution >= 0.6 is 0 Å². The van der Waals surface area contributed by atoms with Crippen molar-refractivity contribution >= 4 is 21.8 Å². The molecule has 18 heavy (non-hydrogen) atoms. The molecule has 0 bridgehead atoms. The maximum absolute atomic E-state index is 11.9. The van der Waals surface area contributed by atoms with Crippen LogP contribution in [0.15, 0.2) is 0 Å². The molecule has 0 saturated carbocycles. The van der Waals surface area contributed by atoms with E-state index in [4.69, 9.17) is 0 Å². The predicted octanol–water partition coefficient (Wildman–Crippen LogP) is 0.0993. The number of sulfonamides is 1. The van der Waals surface area contributed by atoms with Crippen molar-refractivity contribution in [2.45, 2.75) is 39.2 Å². The van der Waals surface area contributed by atoms with E-state index in [1.54, 1.807) is 0 Å². The SMILES string of the molecule is CC(C)CCNC(=O)C1CCC(=O)N1S(C)(=O)=O. The van der Waals surface area contributed by atoms with Crippen LogP contribution in [0.1, 0.15) is 33.1 Å². The van der Waals surface area contributed by atoms with E-state index in [9.17, 15) is 18.0 Å². The molecule has 1 atom stereocenters. The van der Waals surface area contributed by atoms with Gasteiger partial charge in [0.1, 0.15) is 6.04 Å². The fourth-order valence-electron chi connectivity index (χ4n) is 1.92. The first-order valence-corrected chi connectivity index (χ1v) is 7.88. The minimum atomic E-state index is -3.66. The van der Waals surface area contributed by atoms with Crippen molar-refractivity contribution in [2.75, 3.05) is 12.8 Å². The summed E-state index contributed by atoms with van der Waals surface area (Å²) >= 11 is 0. The molecule has 0 aromatic rings. The Morgan fingerprint density at radius 3 is 2.61 bits per heavy atom. The van der Waals surface area contributed by atoms with Gasteiger partial charge in [0.2, 0.25) is 21.8 Å². The minimum absolute atomic E-state index is 0.106. The van der Waals surface area contributed by atoms with E-state index in [1.807, 2.05) is 13.8 Å². The number of carbonyl (C=O) groups excluding carboxylic acids is 2. The summed E-state index contributed by atoms with van der Waals surface area (Å²) in [6.07, 6.45) is 2.14. The topological polar surface area (TPSA) is 83.6 Å². The van der Waals surface area contributed by atoms with Crippen molar-refractivity contribution in [3.8, 4) is 0 Å². The Hall–Kier alpha value is -1.11. The number of hydrogen-bond donors (Lipinski definition) is 1. The highest BCUT2D eigenvalue weighted by Gasteiger charge is 2.41. The van der Waals surface area contributed by atoms with Crippen molar-refractivity contribution in [3.63, 3.8) is 0 Å². The lowest BCUT2D eigenvalue weighted by Gasteiger charge is -2.21. The maximum atomic E-state index is 11.9. The highest BCUT2D eigenvalue weighted by atomic mass is 32.2. The lowest BCUT2D eigenvalue weighted by molar-refractivity contribution is -0.130. The van der Waals surface area contributed by atoms with E-state index in [-0.39, 0.29) is 18.7 Å². The monoisotopic (exact) mass is 276 g/mol. The Morgan fingerprint density at radius 1 is 1.50 bits per heavy atom. The van der Waals surface area contributed by atoms with Gasteiger partial charge in [0, 0.05) is 13.0 Å². The molecule has 7 heteroatoms. The van der Waals surface area contributed by atoms with Gasteiger partial charge in [0.05, 0.1) is 6.26 Å². The Bertz CT molecular complexity index is 430. The molecule has 1 N–H and O–H groups in total. The molecule has 0 aliphatic carbocycles. The summed E-state index contributed by atoms with van der Waals surface area (Å²) in [6.45, 7) is 4.57. The quantitative estimate of drug-likeness (QED) is 0.772. The van der Waals surface area contributed by atoms with Gasteiger partial charge in [-0.15, -0.1) is 0 Å². The summed E-state index contributed by atoms with van der Waals surface area (Å²) in [5.41, 5.74) is 0. The molecule has 0 spiro atoms. The van der Waals surface area contributed by atoms with E-state index in [1.165, 1.54) is 0 Å². The van der Waals surface area contributed by atoms with Gasteiger partial charge in [-0.05, 0) is 18.8 Å². The molecule has 1 rings (SSSR count). The molecule has 1 aliphatic heterocycles. The summed E-state index contributed by atoms with van der Waals surface area (Å²) in [4.78, 5) is 23.3. The summed E-state index contributed by atoms with van der Waals surface area (Å²) in [5, 5.41) is 2.68. The van der Waals surface area contributed by atoms with Gasteiger partial charge in [-0.2, -0.15) is 0 Å². The Kier molecular flexibility index (Phi) is 4.72. The molecule has 104 valence electrons. The number of hydrogen-bond acceptors (Lipinski definition) is 4. The van der Waals surface area contributed by atoms with Gasteiger partial charge in [-0.3, -0.25) is 9.59 Å². The number of carbonyl (C=O) groups is 2. The number of nitrogens with zero attached hydrogens (tertiary/aromatic N) is 1. The first-order valence-electron chi connectivity index (χ1n) is 6.03. The van der Waals surface area contributed by atoms with E-state index in [2.05, 4.69) is 5.32 Å². The minimum Gasteiger partial charge on any atom is -0.354 e. The molecule has 2 amide bonds. The molecular weight excluding hydrogens is 256 g/mol. The maximum Gasteiger partial charge on any atom is 0.244 e. The van der Waals surface area contributed by atoms with Crippen LogP contribution in [0, 0.1) is 5.92 Å². The fraction of sp³-hybridized carbons (Fsp3) is 0.818. The molecule has 1 heterocycles. The average molecular weight is 276 g/mol. The summed E-state index contributed by atoms with van der Waals surface area (Å²) in [7, 11) is -3.66. The predicted molar refractivity (Wildman–Crippen MR) is 67.2 cm³/mol. The second kappa shape index (κ2) is 5.69. The Morgan fingerprint density at radius 2 is 2.11 bits per heavy atom. The van der Waals surface area contributed by atoms with Crippen molar-refractivity contribution in [1.82, 2.24) is 9.62 Å². The summed E-state index contributed by atoms with van der Waals surface area (Å²) < 4.78 is 23.6. The lowest BCUT2D eigenvalue weighted by atomic mass is 10.1. The molecule has 1 fully saturated rings. The third-order valence-corrected chi connectivity index (χ3v) is 4.01. The molecular formula is C11H20N2O4S. The number of amides is 2. The van der Waals surface area contributed by atoms with E-state index < -0.39 is 22.0 Å². The lowest BCUT2D eigenvalue weighted by Crippen LogP contribution is -2.47. The average Bonchev–Trinajstić information content (AvgIpc) is 2.58. The molecule has 6 nitrogen and oxygen atoms in total. The van der Waals surface area contributed by atoms with Crippen molar-refractivity contribution in [1.29, 1.82) is 0 Å². The third-order valence-electron chi connectivity index (χ3n) is 2.84. The van der Waals surface area contributed by atoms with Crippen LogP contribution in [-0.2, 0) is 19.6 Å². The van der Waals surface area contributed by atoms with Crippen LogP contribution in [0.2, 0.25) is 0 Å². The van der Waals surface area contributed by atoms with Gasteiger partial charge in [0.25, 0.3) is 0 Å².